The lowest BCUT2D eigenvalue weighted by atomic mass is 9.98. The molecule has 1 atom stereocenters. The van der Waals surface area contributed by atoms with Gasteiger partial charge in [-0.2, -0.15) is 0 Å². The fraction of sp³-hybridized carbons (Fsp3) is 0.292. The molecule has 1 aliphatic carbocycles. The normalized spacial score (nSPS) is 13.1. The Morgan fingerprint density at radius 1 is 1.03 bits per heavy atom. The number of aliphatic carboxylic acids is 1. The topological polar surface area (TPSA) is 144 Å². The number of anilines is 1. The van der Waals surface area contributed by atoms with Crippen molar-refractivity contribution in [2.45, 2.75) is 32.2 Å². The van der Waals surface area contributed by atoms with Crippen LogP contribution in [0.1, 0.15) is 47.8 Å². The molecule has 1 aromatic heterocycles. The lowest BCUT2D eigenvalue weighted by Gasteiger charge is -2.19. The Morgan fingerprint density at radius 2 is 1.65 bits per heavy atom. The van der Waals surface area contributed by atoms with Crippen molar-refractivity contribution in [1.29, 1.82) is 0 Å². The minimum absolute atomic E-state index is 0.0840. The van der Waals surface area contributed by atoms with Gasteiger partial charge < -0.3 is 15.2 Å². The van der Waals surface area contributed by atoms with Crippen LogP contribution in [0.2, 0.25) is 0 Å². The van der Waals surface area contributed by atoms with Gasteiger partial charge in [0, 0.05) is 12.0 Å². The van der Waals surface area contributed by atoms with Crippen LogP contribution in [0.15, 0.2) is 53.2 Å². The highest BCUT2D eigenvalue weighted by molar-refractivity contribution is 5.99. The molecule has 0 saturated heterocycles. The monoisotopic (exact) mass is 464 g/mol. The number of carbonyl (C=O) groups excluding carboxylic acids is 2. The SMILES string of the molecule is CC(C)[C@H](CC(=O)O)NC(=O)c1nonc1NC(=O)OCC1c2ccccc2-c2ccccc21. The van der Waals surface area contributed by atoms with Gasteiger partial charge in [0.25, 0.3) is 5.91 Å². The quantitative estimate of drug-likeness (QED) is 0.458. The number of rotatable bonds is 8. The number of carboxylic acids is 1. The number of benzene rings is 2. The molecule has 3 aromatic rings. The van der Waals surface area contributed by atoms with Crippen molar-refractivity contribution >= 4 is 23.8 Å². The van der Waals surface area contributed by atoms with Gasteiger partial charge in [0.15, 0.2) is 0 Å². The highest BCUT2D eigenvalue weighted by Crippen LogP contribution is 2.44. The van der Waals surface area contributed by atoms with Crippen molar-refractivity contribution in [3.05, 3.63) is 65.4 Å². The van der Waals surface area contributed by atoms with Crippen molar-refractivity contribution in [2.24, 2.45) is 5.92 Å². The zero-order valence-electron chi connectivity index (χ0n) is 18.6. The third-order valence-corrected chi connectivity index (χ3v) is 5.78. The first-order valence-electron chi connectivity index (χ1n) is 10.8. The Bertz CT molecular complexity index is 1180. The summed E-state index contributed by atoms with van der Waals surface area (Å²) < 4.78 is 10.1. The standard InChI is InChI=1S/C24H24N4O6/c1-13(2)19(11-20(29)30)25-23(31)21-22(28-34-27-21)26-24(32)33-12-18-16-9-5-3-7-14(16)15-8-4-6-10-17(15)18/h3-10,13,18-19H,11-12H2,1-2H3,(H,25,31)(H,29,30)(H,26,28,32)/t19-/m0/s1. The number of amides is 2. The van der Waals surface area contributed by atoms with Gasteiger partial charge in [-0.05, 0) is 38.5 Å². The van der Waals surface area contributed by atoms with Crippen molar-refractivity contribution in [3.63, 3.8) is 0 Å². The van der Waals surface area contributed by atoms with Crippen LogP contribution in [0.4, 0.5) is 10.6 Å². The van der Waals surface area contributed by atoms with Crippen molar-refractivity contribution in [2.75, 3.05) is 11.9 Å². The van der Waals surface area contributed by atoms with Gasteiger partial charge in [-0.15, -0.1) is 0 Å². The molecule has 0 spiro atoms. The molecule has 3 N–H and O–H groups in total. The first-order valence-corrected chi connectivity index (χ1v) is 10.8. The Hall–Kier alpha value is -4.21. The molecule has 0 saturated carbocycles. The second kappa shape index (κ2) is 9.74. The molecule has 10 nitrogen and oxygen atoms in total. The van der Waals surface area contributed by atoms with E-state index in [4.69, 9.17) is 9.84 Å². The van der Waals surface area contributed by atoms with Gasteiger partial charge in [0.1, 0.15) is 6.61 Å². The molecule has 0 unspecified atom stereocenters. The fourth-order valence-electron chi connectivity index (χ4n) is 4.03. The number of hydrogen-bond donors (Lipinski definition) is 3. The lowest BCUT2D eigenvalue weighted by molar-refractivity contribution is -0.137. The summed E-state index contributed by atoms with van der Waals surface area (Å²) in [6, 6.07) is 15.3. The number of nitrogens with one attached hydrogen (secondary N) is 2. The summed E-state index contributed by atoms with van der Waals surface area (Å²) >= 11 is 0. The van der Waals surface area contributed by atoms with E-state index in [1.165, 1.54) is 0 Å². The second-order valence-electron chi connectivity index (χ2n) is 8.33. The van der Waals surface area contributed by atoms with Crippen molar-refractivity contribution < 1.29 is 28.9 Å². The summed E-state index contributed by atoms with van der Waals surface area (Å²) in [4.78, 5) is 36.1. The molecule has 0 aliphatic heterocycles. The highest BCUT2D eigenvalue weighted by atomic mass is 16.6. The molecule has 0 fully saturated rings. The lowest BCUT2D eigenvalue weighted by Crippen LogP contribution is -2.40. The van der Waals surface area contributed by atoms with Gasteiger partial charge in [-0.25, -0.2) is 9.42 Å². The number of fused-ring (bicyclic) bond motifs is 3. The first-order chi connectivity index (χ1) is 16.3. The Morgan fingerprint density at radius 3 is 2.24 bits per heavy atom. The van der Waals surface area contributed by atoms with Crippen LogP contribution in [0, 0.1) is 5.92 Å². The maximum Gasteiger partial charge on any atom is 0.412 e. The van der Waals surface area contributed by atoms with E-state index in [1.807, 2.05) is 48.5 Å². The summed E-state index contributed by atoms with van der Waals surface area (Å²) in [5.74, 6) is -2.24. The van der Waals surface area contributed by atoms with Gasteiger partial charge in [0.05, 0.1) is 6.42 Å². The second-order valence-corrected chi connectivity index (χ2v) is 8.33. The Labute approximate surface area is 195 Å². The van der Waals surface area contributed by atoms with Gasteiger partial charge >= 0.3 is 12.1 Å². The third kappa shape index (κ3) is 4.75. The maximum absolute atomic E-state index is 12.6. The van der Waals surface area contributed by atoms with Crippen LogP contribution in [-0.2, 0) is 9.53 Å². The average molecular weight is 464 g/mol. The molecule has 0 bridgehead atoms. The minimum Gasteiger partial charge on any atom is -0.481 e. The summed E-state index contributed by atoms with van der Waals surface area (Å²) in [5, 5.41) is 21.1. The van der Waals surface area contributed by atoms with Gasteiger partial charge in [-0.3, -0.25) is 14.9 Å². The predicted octanol–water partition coefficient (Wildman–Crippen LogP) is 3.66. The van der Waals surface area contributed by atoms with Crippen LogP contribution in [0.5, 0.6) is 0 Å². The van der Waals surface area contributed by atoms with E-state index >= 15 is 0 Å². The number of carboxylic acid groups (broad SMARTS) is 1. The molecule has 0 radical (unpaired) electrons. The van der Waals surface area contributed by atoms with Crippen LogP contribution in [0.3, 0.4) is 0 Å². The van der Waals surface area contributed by atoms with E-state index in [2.05, 4.69) is 25.6 Å². The van der Waals surface area contributed by atoms with Crippen LogP contribution in [-0.4, -0.2) is 46.0 Å². The number of ether oxygens (including phenoxy) is 1. The van der Waals surface area contributed by atoms with Crippen LogP contribution >= 0.6 is 0 Å². The number of aromatic nitrogens is 2. The average Bonchev–Trinajstić information content (AvgIpc) is 3.39. The van der Waals surface area contributed by atoms with Crippen LogP contribution in [0.25, 0.3) is 11.1 Å². The Kier molecular flexibility index (Phi) is 6.58. The van der Waals surface area contributed by atoms with Crippen LogP contribution < -0.4 is 10.6 Å². The zero-order chi connectivity index (χ0) is 24.2. The molecule has 34 heavy (non-hydrogen) atoms. The number of nitrogens with zero attached hydrogens (tertiary/aromatic N) is 2. The van der Waals surface area contributed by atoms with Crippen molar-refractivity contribution in [1.82, 2.24) is 15.6 Å². The van der Waals surface area contributed by atoms with E-state index in [-0.39, 0.29) is 36.4 Å². The largest absolute Gasteiger partial charge is 0.481 e. The highest BCUT2D eigenvalue weighted by Gasteiger charge is 2.30. The van der Waals surface area contributed by atoms with E-state index in [0.717, 1.165) is 22.3 Å². The maximum atomic E-state index is 12.6. The van der Waals surface area contributed by atoms with E-state index in [1.54, 1.807) is 13.8 Å². The molecule has 2 aromatic carbocycles. The molecule has 2 amide bonds. The molecule has 4 rings (SSSR count). The molecule has 176 valence electrons. The van der Waals surface area contributed by atoms with Gasteiger partial charge in [-0.1, -0.05) is 62.4 Å². The smallest absolute Gasteiger partial charge is 0.412 e. The number of carbonyl (C=O) groups is 3. The molecule has 10 heteroatoms. The minimum atomic E-state index is -1.05. The van der Waals surface area contributed by atoms with E-state index in [0.29, 0.717) is 0 Å². The summed E-state index contributed by atoms with van der Waals surface area (Å²) in [6.07, 6.45) is -1.08. The van der Waals surface area contributed by atoms with E-state index in [9.17, 15) is 14.4 Å². The van der Waals surface area contributed by atoms with Gasteiger partial charge in [0.2, 0.25) is 11.5 Å². The van der Waals surface area contributed by atoms with E-state index < -0.39 is 24.0 Å². The molecular formula is C24H24N4O6. The molecule has 1 aliphatic rings. The molecular weight excluding hydrogens is 440 g/mol. The number of hydrogen-bond acceptors (Lipinski definition) is 7. The Balaban J connectivity index is 1.41. The summed E-state index contributed by atoms with van der Waals surface area (Å²) in [7, 11) is 0. The third-order valence-electron chi connectivity index (χ3n) is 5.78. The summed E-state index contributed by atoms with van der Waals surface area (Å²) in [6.45, 7) is 3.65. The fourth-order valence-corrected chi connectivity index (χ4v) is 4.03. The van der Waals surface area contributed by atoms with Crippen molar-refractivity contribution in [3.8, 4) is 11.1 Å². The zero-order valence-corrected chi connectivity index (χ0v) is 18.6. The molecule has 1 heterocycles. The predicted molar refractivity (Wildman–Crippen MR) is 121 cm³/mol. The first kappa shape index (κ1) is 23.0. The summed E-state index contributed by atoms with van der Waals surface area (Å²) in [5.41, 5.74) is 4.07.